The van der Waals surface area contributed by atoms with E-state index in [1.807, 2.05) is 0 Å². The van der Waals surface area contributed by atoms with E-state index in [1.54, 1.807) is 0 Å². The maximum absolute atomic E-state index is 6.96. The molecule has 7 aromatic rings. The molecule has 7 aromatic carbocycles. The number of nitrogens with zero attached hydrogens (tertiary/aromatic N) is 2. The lowest BCUT2D eigenvalue weighted by atomic mass is 9.33. The van der Waals surface area contributed by atoms with Crippen molar-refractivity contribution in [1.82, 2.24) is 0 Å². The monoisotopic (exact) mass is 961 g/mol. The van der Waals surface area contributed by atoms with Crippen LogP contribution in [-0.2, 0) is 21.7 Å². The van der Waals surface area contributed by atoms with Gasteiger partial charge in [-0.15, -0.1) is 0 Å². The topological polar surface area (TPSA) is 24.9 Å². The molecule has 0 radical (unpaired) electrons. The van der Waals surface area contributed by atoms with Gasteiger partial charge in [-0.2, -0.15) is 0 Å². The number of allylic oxidation sites excluding steroid dienone is 4. The van der Waals surface area contributed by atoms with E-state index in [-0.39, 0.29) is 28.4 Å². The van der Waals surface area contributed by atoms with Gasteiger partial charge in [-0.1, -0.05) is 174 Å². The SMILES string of the molecule is Cc1cc2c3c(c1)N(c1ccc(C(C)(C)C)cc1C1=CCCC=C1)c1c(ccc4c1OCCCO4)B3c1cc(C(C)(C)C)ccc1N2c1cc(-c2ccc(C(C)(C)C)cc2)cc(-c2ccc(C(C)(C)C)cc2)c1. The van der Waals surface area contributed by atoms with Crippen LogP contribution in [0, 0.1) is 6.92 Å². The van der Waals surface area contributed by atoms with Crippen LogP contribution in [-0.4, -0.2) is 19.9 Å². The van der Waals surface area contributed by atoms with Crippen molar-refractivity contribution < 1.29 is 9.47 Å². The molecule has 370 valence electrons. The van der Waals surface area contributed by atoms with Crippen LogP contribution in [0.4, 0.5) is 34.1 Å². The normalized spacial score (nSPS) is 15.4. The molecule has 0 bridgehead atoms. The highest BCUT2D eigenvalue weighted by atomic mass is 16.5. The molecule has 0 unspecified atom stereocenters. The van der Waals surface area contributed by atoms with Crippen molar-refractivity contribution in [1.29, 1.82) is 0 Å². The number of ether oxygens (including phenoxy) is 2. The van der Waals surface area contributed by atoms with Crippen LogP contribution >= 0.6 is 0 Å². The Kier molecular flexibility index (Phi) is 11.8. The first-order chi connectivity index (χ1) is 34.6. The molecular weight excluding hydrogens is 888 g/mol. The van der Waals surface area contributed by atoms with Crippen LogP contribution in [0.3, 0.4) is 0 Å². The van der Waals surface area contributed by atoms with Crippen LogP contribution in [0.1, 0.15) is 136 Å². The first-order valence-electron chi connectivity index (χ1n) is 26.8. The van der Waals surface area contributed by atoms with Crippen molar-refractivity contribution in [2.75, 3.05) is 23.0 Å². The summed E-state index contributed by atoms with van der Waals surface area (Å²) in [5, 5.41) is 0. The molecule has 3 aliphatic heterocycles. The van der Waals surface area contributed by atoms with Gasteiger partial charge in [0.25, 0.3) is 6.71 Å². The summed E-state index contributed by atoms with van der Waals surface area (Å²) in [5.41, 5.74) is 24.4. The molecule has 73 heavy (non-hydrogen) atoms. The molecule has 4 nitrogen and oxygen atoms in total. The Hall–Kier alpha value is -6.72. The van der Waals surface area contributed by atoms with Crippen molar-refractivity contribution in [2.45, 2.75) is 131 Å². The summed E-state index contributed by atoms with van der Waals surface area (Å²) in [7, 11) is 0. The van der Waals surface area contributed by atoms with Gasteiger partial charge in [0.2, 0.25) is 0 Å². The third kappa shape index (κ3) is 8.81. The molecule has 4 aliphatic rings. The summed E-state index contributed by atoms with van der Waals surface area (Å²) < 4.78 is 13.6. The highest BCUT2D eigenvalue weighted by Crippen LogP contribution is 2.52. The van der Waals surface area contributed by atoms with Gasteiger partial charge in [0, 0.05) is 34.7 Å². The number of anilines is 6. The molecular formula is C68H73BN2O2. The van der Waals surface area contributed by atoms with E-state index >= 15 is 0 Å². The Morgan fingerprint density at radius 2 is 1.01 bits per heavy atom. The van der Waals surface area contributed by atoms with E-state index in [9.17, 15) is 0 Å². The number of hydrogen-bond acceptors (Lipinski definition) is 4. The Morgan fingerprint density at radius 3 is 1.59 bits per heavy atom. The number of hydrogen-bond donors (Lipinski definition) is 0. The maximum atomic E-state index is 6.96. The van der Waals surface area contributed by atoms with Crippen molar-refractivity contribution in [3.63, 3.8) is 0 Å². The van der Waals surface area contributed by atoms with Gasteiger partial charge in [0.05, 0.1) is 24.6 Å². The number of benzene rings is 7. The van der Waals surface area contributed by atoms with Gasteiger partial charge in [0.1, 0.15) is 0 Å². The minimum atomic E-state index is -0.0915. The highest BCUT2D eigenvalue weighted by Gasteiger charge is 2.46. The summed E-state index contributed by atoms with van der Waals surface area (Å²) in [6.45, 7) is 31.1. The molecule has 11 rings (SSSR count). The molecule has 0 atom stereocenters. The number of fused-ring (bicyclic) bond motifs is 6. The fourth-order valence-corrected chi connectivity index (χ4v) is 11.5. The summed E-state index contributed by atoms with van der Waals surface area (Å²) >= 11 is 0. The average molecular weight is 961 g/mol. The highest BCUT2D eigenvalue weighted by molar-refractivity contribution is 7.00. The predicted molar refractivity (Wildman–Crippen MR) is 313 cm³/mol. The van der Waals surface area contributed by atoms with E-state index < -0.39 is 0 Å². The van der Waals surface area contributed by atoms with Crippen LogP contribution < -0.4 is 35.7 Å². The van der Waals surface area contributed by atoms with Crippen LogP contribution in [0.15, 0.2) is 146 Å². The Balaban J connectivity index is 1.22. The third-order valence-corrected chi connectivity index (χ3v) is 15.7. The number of rotatable bonds is 5. The second-order valence-corrected chi connectivity index (χ2v) is 25.3. The maximum Gasteiger partial charge on any atom is 0.252 e. The van der Waals surface area contributed by atoms with E-state index in [0.29, 0.717) is 13.2 Å². The van der Waals surface area contributed by atoms with Crippen molar-refractivity contribution in [2.24, 2.45) is 0 Å². The smallest absolute Gasteiger partial charge is 0.252 e. The molecule has 5 heteroatoms. The standard InChI is InChI=1S/C68H73BN2O2/c1-43-36-59-62-60(37-43)71(57-31-28-51(67(8,9)10)41-54(57)46-18-15-14-16-19-46)63-55(30-33-61-64(63)73-35-17-34-72-61)69(62)56-42-52(68(11,12)13)29-32-58(56)70(59)53-39-47(44-20-24-49(25-21-44)65(2,3)4)38-48(40-53)45-22-26-50(27-23-45)66(5,6)7/h15,18-33,36-42H,14,16-17,34-35H2,1-13H3. The zero-order valence-electron chi connectivity index (χ0n) is 45.7. The van der Waals surface area contributed by atoms with Gasteiger partial charge in [-0.05, 0) is 168 Å². The van der Waals surface area contributed by atoms with Gasteiger partial charge < -0.3 is 19.3 Å². The van der Waals surface area contributed by atoms with E-state index in [1.165, 1.54) is 94.7 Å². The van der Waals surface area contributed by atoms with Crippen molar-refractivity contribution >= 4 is 62.8 Å². The molecule has 0 amide bonds. The molecule has 0 N–H and O–H groups in total. The van der Waals surface area contributed by atoms with Gasteiger partial charge in [0.15, 0.2) is 11.5 Å². The molecule has 3 heterocycles. The number of aryl methyl sites for hydroxylation is 1. The Labute approximate surface area is 436 Å². The molecule has 0 saturated heterocycles. The van der Waals surface area contributed by atoms with E-state index in [0.717, 1.165) is 47.8 Å². The molecule has 0 saturated carbocycles. The quantitative estimate of drug-likeness (QED) is 0.161. The minimum Gasteiger partial charge on any atom is -0.489 e. The van der Waals surface area contributed by atoms with E-state index in [2.05, 4.69) is 245 Å². The zero-order valence-corrected chi connectivity index (χ0v) is 45.7. The predicted octanol–water partition coefficient (Wildman–Crippen LogP) is 16.5. The second-order valence-electron chi connectivity index (χ2n) is 25.3. The third-order valence-electron chi connectivity index (χ3n) is 15.7. The lowest BCUT2D eigenvalue weighted by Crippen LogP contribution is -2.61. The zero-order chi connectivity index (χ0) is 51.4. The molecule has 1 aliphatic carbocycles. The van der Waals surface area contributed by atoms with Crippen LogP contribution in [0.2, 0.25) is 0 Å². The van der Waals surface area contributed by atoms with E-state index in [4.69, 9.17) is 9.47 Å². The largest absolute Gasteiger partial charge is 0.489 e. The molecule has 0 spiro atoms. The fourth-order valence-electron chi connectivity index (χ4n) is 11.5. The van der Waals surface area contributed by atoms with Crippen LogP contribution in [0.25, 0.3) is 27.8 Å². The summed E-state index contributed by atoms with van der Waals surface area (Å²) in [6.07, 6.45) is 9.99. The minimum absolute atomic E-state index is 0.0424. The fraction of sp³-hybridized carbons (Fsp3) is 0.324. The van der Waals surface area contributed by atoms with Gasteiger partial charge in [-0.3, -0.25) is 0 Å². The first-order valence-corrected chi connectivity index (χ1v) is 26.8. The lowest BCUT2D eigenvalue weighted by molar-refractivity contribution is 0.297. The molecule has 0 aromatic heterocycles. The van der Waals surface area contributed by atoms with Gasteiger partial charge >= 0.3 is 0 Å². The van der Waals surface area contributed by atoms with Crippen LogP contribution in [0.5, 0.6) is 11.5 Å². The van der Waals surface area contributed by atoms with Crippen molar-refractivity contribution in [3.8, 4) is 33.8 Å². The van der Waals surface area contributed by atoms with Gasteiger partial charge in [-0.25, -0.2) is 0 Å². The Morgan fingerprint density at radius 1 is 0.466 bits per heavy atom. The second kappa shape index (κ2) is 17.8. The van der Waals surface area contributed by atoms with Crippen molar-refractivity contribution in [3.05, 3.63) is 179 Å². The lowest BCUT2D eigenvalue weighted by Gasteiger charge is -2.45. The Bertz CT molecular complexity index is 3290. The first kappa shape index (κ1) is 48.5. The summed E-state index contributed by atoms with van der Waals surface area (Å²) in [6, 6.07) is 49.7. The molecule has 0 fully saturated rings. The average Bonchev–Trinajstić information content (AvgIpc) is 3.61. The summed E-state index contributed by atoms with van der Waals surface area (Å²) in [5.74, 6) is 1.63. The summed E-state index contributed by atoms with van der Waals surface area (Å²) in [4.78, 5) is 5.15.